The molecule has 3 aromatic carbocycles. The second kappa shape index (κ2) is 12.8. The summed E-state index contributed by atoms with van der Waals surface area (Å²) in [4.78, 5) is 5.03. The maximum absolute atomic E-state index is 14.2. The molecule has 1 unspecified atom stereocenters. The predicted octanol–water partition coefficient (Wildman–Crippen LogP) is 9.32. The standard InChI is InChI=1S/C27H17F16NO3/c28-22(29,26(39,40)27(41,42)43)15-3-1-6-20(10-15)47-44(12-21(45)25(36,37)38)18-4-2-5-19(11-18)46-13-14-7-16(23(30,31)32)9-17(8-14)24(33,34)35/h1-11,21,45H,12-13H2. The van der Waals surface area contributed by atoms with Gasteiger partial charge in [0.1, 0.15) is 12.4 Å². The Morgan fingerprint density at radius 2 is 1.15 bits per heavy atom. The Morgan fingerprint density at radius 1 is 0.617 bits per heavy atom. The van der Waals surface area contributed by atoms with Crippen molar-refractivity contribution < 1.29 is 84.9 Å². The molecule has 3 aromatic rings. The van der Waals surface area contributed by atoms with E-state index in [0.29, 0.717) is 24.3 Å². The van der Waals surface area contributed by atoms with Gasteiger partial charge in [-0.2, -0.15) is 70.2 Å². The zero-order valence-corrected chi connectivity index (χ0v) is 22.6. The average Bonchev–Trinajstić information content (AvgIpc) is 2.93. The van der Waals surface area contributed by atoms with Crippen LogP contribution in [0.3, 0.4) is 0 Å². The zero-order chi connectivity index (χ0) is 35.8. The van der Waals surface area contributed by atoms with Crippen molar-refractivity contribution in [1.29, 1.82) is 0 Å². The van der Waals surface area contributed by atoms with E-state index in [1.807, 2.05) is 0 Å². The van der Waals surface area contributed by atoms with Gasteiger partial charge < -0.3 is 14.7 Å². The fraction of sp³-hybridized carbons (Fsp3) is 0.333. The van der Waals surface area contributed by atoms with Gasteiger partial charge in [-0.25, -0.2) is 5.06 Å². The summed E-state index contributed by atoms with van der Waals surface area (Å²) < 4.78 is 217. The van der Waals surface area contributed by atoms with Crippen molar-refractivity contribution in [2.24, 2.45) is 0 Å². The van der Waals surface area contributed by atoms with E-state index in [2.05, 4.69) is 0 Å². The summed E-state index contributed by atoms with van der Waals surface area (Å²) in [5.74, 6) is -14.0. The van der Waals surface area contributed by atoms with Gasteiger partial charge in [0.25, 0.3) is 0 Å². The number of anilines is 1. The van der Waals surface area contributed by atoms with E-state index >= 15 is 0 Å². The summed E-state index contributed by atoms with van der Waals surface area (Å²) in [6.07, 6.45) is -25.7. The number of nitrogens with zero attached hydrogens (tertiary/aromatic N) is 1. The lowest BCUT2D eigenvalue weighted by Crippen LogP contribution is -2.50. The highest BCUT2D eigenvalue weighted by atomic mass is 19.4. The third-order valence-corrected chi connectivity index (χ3v) is 6.04. The van der Waals surface area contributed by atoms with Crippen LogP contribution in [-0.4, -0.2) is 36.0 Å². The molecule has 0 radical (unpaired) electrons. The molecule has 0 bridgehead atoms. The van der Waals surface area contributed by atoms with Crippen LogP contribution in [0.5, 0.6) is 11.5 Å². The van der Waals surface area contributed by atoms with Crippen LogP contribution < -0.4 is 14.6 Å². The molecule has 47 heavy (non-hydrogen) atoms. The molecule has 0 aliphatic rings. The van der Waals surface area contributed by atoms with Crippen molar-refractivity contribution in [3.05, 3.63) is 89.0 Å². The summed E-state index contributed by atoms with van der Waals surface area (Å²) in [5.41, 5.74) is -6.53. The molecule has 1 atom stereocenters. The van der Waals surface area contributed by atoms with Crippen LogP contribution in [0, 0.1) is 0 Å². The topological polar surface area (TPSA) is 41.9 Å². The highest BCUT2D eigenvalue weighted by Crippen LogP contribution is 2.52. The summed E-state index contributed by atoms with van der Waals surface area (Å²) >= 11 is 0. The molecule has 0 aliphatic heterocycles. The molecule has 0 spiro atoms. The van der Waals surface area contributed by atoms with Crippen molar-refractivity contribution in [1.82, 2.24) is 0 Å². The zero-order valence-electron chi connectivity index (χ0n) is 22.6. The number of hydrogen-bond donors (Lipinski definition) is 1. The first-order chi connectivity index (χ1) is 21.2. The first-order valence-electron chi connectivity index (χ1n) is 12.4. The van der Waals surface area contributed by atoms with Crippen molar-refractivity contribution >= 4 is 5.69 Å². The number of benzene rings is 3. The fourth-order valence-corrected chi connectivity index (χ4v) is 3.69. The molecule has 0 heterocycles. The Bertz CT molecular complexity index is 1500. The molecule has 0 saturated heterocycles. The van der Waals surface area contributed by atoms with E-state index in [-0.39, 0.29) is 23.3 Å². The van der Waals surface area contributed by atoms with Crippen LogP contribution in [0.2, 0.25) is 0 Å². The number of hydrogen-bond acceptors (Lipinski definition) is 4. The van der Waals surface area contributed by atoms with Crippen LogP contribution in [-0.2, 0) is 24.9 Å². The largest absolute Gasteiger partial charge is 0.489 e. The first-order valence-corrected chi connectivity index (χ1v) is 12.4. The van der Waals surface area contributed by atoms with E-state index in [1.165, 1.54) is 0 Å². The maximum Gasteiger partial charge on any atom is 0.460 e. The Labute approximate surface area is 252 Å². The maximum atomic E-state index is 14.2. The number of halogens is 16. The van der Waals surface area contributed by atoms with Crippen LogP contribution in [0.1, 0.15) is 22.3 Å². The Kier molecular flexibility index (Phi) is 10.2. The highest BCUT2D eigenvalue weighted by Gasteiger charge is 2.73. The minimum Gasteiger partial charge on any atom is -0.489 e. The van der Waals surface area contributed by atoms with Gasteiger partial charge in [0.15, 0.2) is 11.9 Å². The second-order valence-electron chi connectivity index (χ2n) is 9.58. The van der Waals surface area contributed by atoms with Gasteiger partial charge in [-0.1, -0.05) is 18.2 Å². The van der Waals surface area contributed by atoms with Crippen LogP contribution in [0.15, 0.2) is 66.7 Å². The molecule has 3 rings (SSSR count). The van der Waals surface area contributed by atoms with Crippen molar-refractivity contribution in [3.63, 3.8) is 0 Å². The Hall–Kier alpha value is -4.10. The molecule has 0 saturated carbocycles. The minimum atomic E-state index is -6.72. The number of aliphatic hydroxyl groups is 1. The molecule has 260 valence electrons. The number of alkyl halides is 16. The molecular weight excluding hydrogens is 690 g/mol. The van der Waals surface area contributed by atoms with Gasteiger partial charge in [0.2, 0.25) is 0 Å². The predicted molar refractivity (Wildman–Crippen MR) is 129 cm³/mol. The van der Waals surface area contributed by atoms with Crippen molar-refractivity contribution in [2.75, 3.05) is 11.6 Å². The number of aliphatic hydroxyl groups excluding tert-OH is 1. The number of hydroxylamine groups is 1. The Balaban J connectivity index is 1.96. The fourth-order valence-electron chi connectivity index (χ4n) is 3.69. The van der Waals surface area contributed by atoms with Gasteiger partial charge in [-0.05, 0) is 48.0 Å². The molecule has 1 N–H and O–H groups in total. The molecular formula is C27H17F16NO3. The first kappa shape index (κ1) is 37.4. The van der Waals surface area contributed by atoms with Crippen molar-refractivity contribution in [2.45, 2.75) is 49.3 Å². The van der Waals surface area contributed by atoms with Gasteiger partial charge in [0, 0.05) is 11.6 Å². The summed E-state index contributed by atoms with van der Waals surface area (Å²) in [6.45, 7) is -2.55. The summed E-state index contributed by atoms with van der Waals surface area (Å²) in [7, 11) is 0. The van der Waals surface area contributed by atoms with Gasteiger partial charge in [0.05, 0.1) is 23.4 Å². The van der Waals surface area contributed by atoms with E-state index < -0.39 is 95.2 Å². The van der Waals surface area contributed by atoms with E-state index in [1.54, 1.807) is 0 Å². The van der Waals surface area contributed by atoms with Crippen LogP contribution >= 0.6 is 0 Å². The van der Waals surface area contributed by atoms with Crippen LogP contribution in [0.25, 0.3) is 0 Å². The lowest BCUT2D eigenvalue weighted by atomic mass is 10.0. The van der Waals surface area contributed by atoms with Gasteiger partial charge >= 0.3 is 36.6 Å². The number of rotatable bonds is 10. The normalized spacial score (nSPS) is 14.1. The van der Waals surface area contributed by atoms with Gasteiger partial charge in [-0.3, -0.25) is 0 Å². The quantitative estimate of drug-likeness (QED) is 0.169. The summed E-state index contributed by atoms with van der Waals surface area (Å²) in [5, 5.41) is 9.71. The minimum absolute atomic E-state index is 0.0428. The smallest absolute Gasteiger partial charge is 0.460 e. The molecule has 4 nitrogen and oxygen atoms in total. The average molecular weight is 707 g/mol. The monoisotopic (exact) mass is 707 g/mol. The van der Waals surface area contributed by atoms with E-state index in [0.717, 1.165) is 24.3 Å². The SMILES string of the molecule is OC(CN(Oc1cccc(C(F)(F)C(F)(F)C(F)(F)F)c1)c1cccc(OCc2cc(C(F)(F)F)cc(C(F)(F)F)c2)c1)C(F)(F)F. The molecule has 0 aromatic heterocycles. The third kappa shape index (κ3) is 8.83. The lowest BCUT2D eigenvalue weighted by Gasteiger charge is -2.30. The molecule has 0 aliphatic carbocycles. The van der Waals surface area contributed by atoms with E-state index in [9.17, 15) is 75.4 Å². The van der Waals surface area contributed by atoms with Crippen molar-refractivity contribution in [3.8, 4) is 11.5 Å². The van der Waals surface area contributed by atoms with Crippen LogP contribution in [0.4, 0.5) is 75.9 Å². The third-order valence-electron chi connectivity index (χ3n) is 6.04. The van der Waals surface area contributed by atoms with E-state index in [4.69, 9.17) is 9.57 Å². The second-order valence-corrected chi connectivity index (χ2v) is 9.58. The highest BCUT2D eigenvalue weighted by molar-refractivity contribution is 5.50. The molecule has 0 fully saturated rings. The van der Waals surface area contributed by atoms with Gasteiger partial charge in [-0.15, -0.1) is 0 Å². The molecule has 20 heteroatoms. The lowest BCUT2D eigenvalue weighted by molar-refractivity contribution is -0.359. The Morgan fingerprint density at radius 3 is 1.66 bits per heavy atom. The summed E-state index contributed by atoms with van der Waals surface area (Å²) in [6, 6.07) is 5.53. The molecule has 0 amide bonds. The number of ether oxygens (including phenoxy) is 1.